The fraction of sp³-hybridized carbons (Fsp3) is 0.857. The van der Waals surface area contributed by atoms with Crippen LogP contribution >= 0.6 is 24.0 Å². The van der Waals surface area contributed by atoms with Crippen molar-refractivity contribution < 1.29 is 14.3 Å². The quantitative estimate of drug-likeness (QED) is 0.308. The molecule has 1 heterocycles. The van der Waals surface area contributed by atoms with Crippen LogP contribution in [0.15, 0.2) is 4.99 Å². The first-order valence-electron chi connectivity index (χ1n) is 7.23. The van der Waals surface area contributed by atoms with Gasteiger partial charge in [-0.15, -0.1) is 24.0 Å². The number of carbonyl (C=O) groups excluding carboxylic acids is 1. The number of halogens is 1. The van der Waals surface area contributed by atoms with Crippen molar-refractivity contribution in [2.75, 3.05) is 47.0 Å². The van der Waals surface area contributed by atoms with Crippen LogP contribution < -0.4 is 5.32 Å². The summed E-state index contributed by atoms with van der Waals surface area (Å²) in [6, 6.07) is 0. The Morgan fingerprint density at radius 2 is 2.29 bits per heavy atom. The molecule has 21 heavy (non-hydrogen) atoms. The van der Waals surface area contributed by atoms with E-state index in [4.69, 9.17) is 9.47 Å². The Balaban J connectivity index is 0.00000400. The largest absolute Gasteiger partial charge is 0.469 e. The number of nitrogens with zero attached hydrogens (tertiary/aromatic N) is 2. The van der Waals surface area contributed by atoms with E-state index in [1.54, 1.807) is 0 Å². The molecule has 2 atom stereocenters. The van der Waals surface area contributed by atoms with Crippen LogP contribution in [0.4, 0.5) is 0 Å². The molecule has 2 unspecified atom stereocenters. The van der Waals surface area contributed by atoms with Crippen LogP contribution in [-0.2, 0) is 14.3 Å². The van der Waals surface area contributed by atoms with Crippen LogP contribution in [0.3, 0.4) is 0 Å². The second kappa shape index (κ2) is 11.1. The first-order chi connectivity index (χ1) is 9.58. The van der Waals surface area contributed by atoms with Crippen LogP contribution in [0.5, 0.6) is 0 Å². The number of nitrogens with one attached hydrogen (secondary N) is 1. The maximum atomic E-state index is 11.4. The molecule has 1 aliphatic rings. The molecule has 0 saturated carbocycles. The molecule has 7 heteroatoms. The highest BCUT2D eigenvalue weighted by molar-refractivity contribution is 14.0. The Labute approximate surface area is 144 Å². The molecule has 1 aliphatic heterocycles. The van der Waals surface area contributed by atoms with Gasteiger partial charge in [0.05, 0.1) is 26.2 Å². The molecule has 0 aromatic heterocycles. The molecule has 0 aliphatic carbocycles. The van der Waals surface area contributed by atoms with E-state index in [-0.39, 0.29) is 35.9 Å². The van der Waals surface area contributed by atoms with Gasteiger partial charge in [0, 0.05) is 32.7 Å². The van der Waals surface area contributed by atoms with E-state index in [1.807, 2.05) is 20.9 Å². The van der Waals surface area contributed by atoms with Gasteiger partial charge < -0.3 is 19.7 Å². The molecular formula is C14H28IN3O3. The highest BCUT2D eigenvalue weighted by atomic mass is 127. The summed E-state index contributed by atoms with van der Waals surface area (Å²) in [7, 11) is 3.42. The number of ether oxygens (including phenoxy) is 2. The van der Waals surface area contributed by atoms with E-state index in [9.17, 15) is 4.79 Å². The van der Waals surface area contributed by atoms with E-state index in [1.165, 1.54) is 7.11 Å². The molecule has 0 radical (unpaired) electrons. The lowest BCUT2D eigenvalue weighted by Gasteiger charge is -2.24. The molecule has 1 saturated heterocycles. The molecular weight excluding hydrogens is 385 g/mol. The van der Waals surface area contributed by atoms with Crippen molar-refractivity contribution >= 4 is 35.9 Å². The lowest BCUT2D eigenvalue weighted by molar-refractivity contribution is -0.144. The van der Waals surface area contributed by atoms with Crippen LogP contribution in [0.25, 0.3) is 0 Å². The topological polar surface area (TPSA) is 63.2 Å². The van der Waals surface area contributed by atoms with Gasteiger partial charge in [0.1, 0.15) is 0 Å². The Kier molecular flexibility index (Phi) is 10.8. The third kappa shape index (κ3) is 7.30. The van der Waals surface area contributed by atoms with Gasteiger partial charge in [-0.2, -0.15) is 0 Å². The van der Waals surface area contributed by atoms with Gasteiger partial charge in [-0.25, -0.2) is 0 Å². The molecule has 6 nitrogen and oxygen atoms in total. The normalized spacial score (nSPS) is 19.6. The van der Waals surface area contributed by atoms with Gasteiger partial charge in [-0.3, -0.25) is 9.79 Å². The van der Waals surface area contributed by atoms with Crippen LogP contribution in [0, 0.1) is 11.8 Å². The second-order valence-corrected chi connectivity index (χ2v) is 5.23. The van der Waals surface area contributed by atoms with Gasteiger partial charge in [0.25, 0.3) is 0 Å². The predicted molar refractivity (Wildman–Crippen MR) is 94.1 cm³/mol. The fourth-order valence-corrected chi connectivity index (χ4v) is 2.17. The molecule has 0 aromatic rings. The average molecular weight is 413 g/mol. The summed E-state index contributed by atoms with van der Waals surface area (Å²) >= 11 is 0. The molecule has 0 aromatic carbocycles. The second-order valence-electron chi connectivity index (χ2n) is 5.23. The summed E-state index contributed by atoms with van der Waals surface area (Å²) in [6.07, 6.45) is 1.10. The molecule has 0 amide bonds. The van der Waals surface area contributed by atoms with Crippen molar-refractivity contribution in [1.29, 1.82) is 0 Å². The molecule has 1 N–H and O–H groups in total. The highest BCUT2D eigenvalue weighted by Crippen LogP contribution is 2.13. The Morgan fingerprint density at radius 1 is 1.57 bits per heavy atom. The summed E-state index contributed by atoms with van der Waals surface area (Å²) in [5.74, 6) is 0.936. The number of hydrogen-bond donors (Lipinski definition) is 1. The Bertz CT molecular complexity index is 333. The number of carbonyl (C=O) groups is 1. The number of esters is 1. The number of rotatable bonds is 6. The molecule has 124 valence electrons. The SMILES string of the molecule is CCNC(=NCC(C)C(=O)OC)N(C)CC1CCOC1.I. The zero-order valence-corrected chi connectivity index (χ0v) is 15.8. The van der Waals surface area contributed by atoms with Crippen LogP contribution in [0.2, 0.25) is 0 Å². The van der Waals surface area contributed by atoms with E-state index in [0.717, 1.165) is 38.7 Å². The summed E-state index contributed by atoms with van der Waals surface area (Å²) in [5.41, 5.74) is 0. The maximum absolute atomic E-state index is 11.4. The van der Waals surface area contributed by atoms with Crippen molar-refractivity contribution in [2.24, 2.45) is 16.8 Å². The summed E-state index contributed by atoms with van der Waals surface area (Å²) in [4.78, 5) is 18.0. The fourth-order valence-electron chi connectivity index (χ4n) is 2.17. The zero-order valence-electron chi connectivity index (χ0n) is 13.4. The zero-order chi connectivity index (χ0) is 15.0. The van der Waals surface area contributed by atoms with Crippen LogP contribution in [-0.4, -0.2) is 63.8 Å². The highest BCUT2D eigenvalue weighted by Gasteiger charge is 2.19. The standard InChI is InChI=1S/C14H27N3O3.HI/c1-5-15-14(16-8-11(2)13(18)19-4)17(3)9-12-6-7-20-10-12;/h11-12H,5-10H2,1-4H3,(H,15,16);1H. The predicted octanol–water partition coefficient (Wildman–Crippen LogP) is 1.35. The maximum Gasteiger partial charge on any atom is 0.310 e. The number of aliphatic imine (C=N–C) groups is 1. The molecule has 1 rings (SSSR count). The number of hydrogen-bond acceptors (Lipinski definition) is 4. The van der Waals surface area contributed by atoms with Gasteiger partial charge in [0.2, 0.25) is 0 Å². The first kappa shape index (κ1) is 20.4. The summed E-state index contributed by atoms with van der Waals surface area (Å²) in [5, 5.41) is 3.25. The lowest BCUT2D eigenvalue weighted by Crippen LogP contribution is -2.41. The van der Waals surface area contributed by atoms with Crippen molar-refractivity contribution in [3.05, 3.63) is 0 Å². The minimum atomic E-state index is -0.226. The average Bonchev–Trinajstić information content (AvgIpc) is 2.94. The van der Waals surface area contributed by atoms with Crippen molar-refractivity contribution in [2.45, 2.75) is 20.3 Å². The molecule has 1 fully saturated rings. The molecule has 0 bridgehead atoms. The van der Waals surface area contributed by atoms with Crippen molar-refractivity contribution in [3.8, 4) is 0 Å². The van der Waals surface area contributed by atoms with Crippen molar-refractivity contribution in [1.82, 2.24) is 10.2 Å². The third-order valence-electron chi connectivity index (χ3n) is 3.37. The smallest absolute Gasteiger partial charge is 0.310 e. The third-order valence-corrected chi connectivity index (χ3v) is 3.37. The summed E-state index contributed by atoms with van der Waals surface area (Å²) < 4.78 is 10.1. The molecule has 0 spiro atoms. The first-order valence-corrected chi connectivity index (χ1v) is 7.23. The van der Waals surface area contributed by atoms with E-state index in [0.29, 0.717) is 12.5 Å². The van der Waals surface area contributed by atoms with E-state index in [2.05, 4.69) is 15.2 Å². The van der Waals surface area contributed by atoms with Gasteiger partial charge >= 0.3 is 5.97 Å². The van der Waals surface area contributed by atoms with Crippen molar-refractivity contribution in [3.63, 3.8) is 0 Å². The van der Waals surface area contributed by atoms with Gasteiger partial charge in [0.15, 0.2) is 5.96 Å². The number of guanidine groups is 1. The van der Waals surface area contributed by atoms with E-state index < -0.39 is 0 Å². The van der Waals surface area contributed by atoms with Crippen LogP contribution in [0.1, 0.15) is 20.3 Å². The van der Waals surface area contributed by atoms with Gasteiger partial charge in [-0.05, 0) is 13.3 Å². The Hall–Kier alpha value is -0.570. The van der Waals surface area contributed by atoms with E-state index >= 15 is 0 Å². The minimum absolute atomic E-state index is 0. The number of methoxy groups -OCH3 is 1. The monoisotopic (exact) mass is 413 g/mol. The van der Waals surface area contributed by atoms with Gasteiger partial charge in [-0.1, -0.05) is 6.92 Å². The lowest BCUT2D eigenvalue weighted by atomic mass is 10.1. The summed E-state index contributed by atoms with van der Waals surface area (Å²) in [6.45, 7) is 7.68. The minimum Gasteiger partial charge on any atom is -0.469 e. The Morgan fingerprint density at radius 3 is 2.81 bits per heavy atom.